The van der Waals surface area contributed by atoms with Crippen LogP contribution in [0.4, 0.5) is 5.69 Å². The number of hydrogen-bond donors (Lipinski definition) is 0. The molecule has 0 aliphatic carbocycles. The third-order valence-electron chi connectivity index (χ3n) is 4.37. The van der Waals surface area contributed by atoms with Crippen LogP contribution in [-0.2, 0) is 0 Å². The van der Waals surface area contributed by atoms with Crippen LogP contribution in [-0.4, -0.2) is 19.9 Å². The van der Waals surface area contributed by atoms with E-state index in [1.54, 1.807) is 7.11 Å². The zero-order valence-corrected chi connectivity index (χ0v) is 16.9. The summed E-state index contributed by atoms with van der Waals surface area (Å²) < 4.78 is 11.4. The molecular weight excluding hydrogens is 322 g/mol. The summed E-state index contributed by atoms with van der Waals surface area (Å²) in [6, 6.07) is 12.3. The molecule has 0 N–H and O–H groups in total. The highest BCUT2D eigenvalue weighted by Crippen LogP contribution is 2.31. The molecule has 0 aromatic heterocycles. The first-order valence-electron chi connectivity index (χ1n) is 9.36. The molecule has 0 saturated heterocycles. The highest BCUT2D eigenvalue weighted by atomic mass is 16.5. The fourth-order valence-electron chi connectivity index (χ4n) is 2.75. The standard InChI is InChI=1S/C23H31NO2/c1-16(2)12-13-26-21-11-10-19(14-22(21)25-6)15-24-23-18(5)8-7-9-20(23)17(3)4/h7-11,14-17H,12-13H2,1-6H3. The predicted octanol–water partition coefficient (Wildman–Crippen LogP) is 6.30. The second-order valence-corrected chi connectivity index (χ2v) is 7.37. The van der Waals surface area contributed by atoms with Crippen LogP contribution in [0.5, 0.6) is 11.5 Å². The summed E-state index contributed by atoms with van der Waals surface area (Å²) in [6.45, 7) is 11.6. The van der Waals surface area contributed by atoms with E-state index < -0.39 is 0 Å². The lowest BCUT2D eigenvalue weighted by atomic mass is 9.98. The van der Waals surface area contributed by atoms with Gasteiger partial charge in [0.2, 0.25) is 0 Å². The molecule has 0 fully saturated rings. The molecule has 26 heavy (non-hydrogen) atoms. The van der Waals surface area contributed by atoms with E-state index in [4.69, 9.17) is 14.5 Å². The van der Waals surface area contributed by atoms with Crippen LogP contribution in [0.1, 0.15) is 56.7 Å². The lowest BCUT2D eigenvalue weighted by Crippen LogP contribution is -2.03. The van der Waals surface area contributed by atoms with Crippen molar-refractivity contribution in [3.05, 3.63) is 53.1 Å². The van der Waals surface area contributed by atoms with Crippen molar-refractivity contribution in [3.8, 4) is 11.5 Å². The highest BCUT2D eigenvalue weighted by Gasteiger charge is 2.09. The Morgan fingerprint density at radius 1 is 1.04 bits per heavy atom. The Morgan fingerprint density at radius 2 is 1.81 bits per heavy atom. The highest BCUT2D eigenvalue weighted by molar-refractivity contribution is 5.84. The molecule has 0 bridgehead atoms. The molecule has 0 aliphatic heterocycles. The molecule has 3 heteroatoms. The molecule has 0 saturated carbocycles. The van der Waals surface area contributed by atoms with Gasteiger partial charge in [0.25, 0.3) is 0 Å². The van der Waals surface area contributed by atoms with Crippen LogP contribution in [0, 0.1) is 12.8 Å². The molecule has 0 spiro atoms. The van der Waals surface area contributed by atoms with E-state index in [0.29, 0.717) is 18.4 Å². The number of methoxy groups -OCH3 is 1. The fraction of sp³-hybridized carbons (Fsp3) is 0.435. The van der Waals surface area contributed by atoms with Crippen molar-refractivity contribution in [2.45, 2.75) is 47.0 Å². The molecule has 0 unspecified atom stereocenters. The maximum absolute atomic E-state index is 5.86. The number of aryl methyl sites for hydroxylation is 1. The average molecular weight is 354 g/mol. The minimum atomic E-state index is 0.438. The second kappa shape index (κ2) is 9.42. The Morgan fingerprint density at radius 3 is 2.46 bits per heavy atom. The van der Waals surface area contributed by atoms with Crippen molar-refractivity contribution in [2.75, 3.05) is 13.7 Å². The van der Waals surface area contributed by atoms with Crippen LogP contribution in [0.3, 0.4) is 0 Å². The van der Waals surface area contributed by atoms with E-state index in [1.165, 1.54) is 11.1 Å². The van der Waals surface area contributed by atoms with Crippen LogP contribution >= 0.6 is 0 Å². The molecular formula is C23H31NO2. The second-order valence-electron chi connectivity index (χ2n) is 7.37. The first-order chi connectivity index (χ1) is 12.4. The normalized spacial score (nSPS) is 11.5. The fourth-order valence-corrected chi connectivity index (χ4v) is 2.75. The molecule has 0 aliphatic rings. The zero-order valence-electron chi connectivity index (χ0n) is 16.9. The van der Waals surface area contributed by atoms with Crippen LogP contribution in [0.15, 0.2) is 41.4 Å². The largest absolute Gasteiger partial charge is 0.493 e. The monoisotopic (exact) mass is 353 g/mol. The van der Waals surface area contributed by atoms with Gasteiger partial charge in [-0.15, -0.1) is 0 Å². The molecule has 0 amide bonds. The van der Waals surface area contributed by atoms with Gasteiger partial charge in [-0.25, -0.2) is 0 Å². The smallest absolute Gasteiger partial charge is 0.161 e. The van der Waals surface area contributed by atoms with Crippen molar-refractivity contribution >= 4 is 11.9 Å². The Hall–Kier alpha value is -2.29. The molecule has 2 aromatic rings. The lowest BCUT2D eigenvalue weighted by molar-refractivity contribution is 0.273. The first-order valence-corrected chi connectivity index (χ1v) is 9.36. The third kappa shape index (κ3) is 5.35. The van der Waals surface area contributed by atoms with Crippen molar-refractivity contribution < 1.29 is 9.47 Å². The van der Waals surface area contributed by atoms with E-state index >= 15 is 0 Å². The van der Waals surface area contributed by atoms with Gasteiger partial charge in [0.15, 0.2) is 11.5 Å². The SMILES string of the molecule is COc1cc(C=Nc2c(C)cccc2C(C)C)ccc1OCCC(C)C. The topological polar surface area (TPSA) is 30.8 Å². The number of aliphatic imine (C=N–C) groups is 1. The van der Waals surface area contributed by atoms with E-state index in [1.807, 2.05) is 24.4 Å². The average Bonchev–Trinajstić information content (AvgIpc) is 2.60. The number of nitrogens with zero attached hydrogens (tertiary/aromatic N) is 1. The molecule has 2 aromatic carbocycles. The maximum Gasteiger partial charge on any atom is 0.161 e. The minimum Gasteiger partial charge on any atom is -0.493 e. The molecule has 0 heterocycles. The molecule has 2 rings (SSSR count). The van der Waals surface area contributed by atoms with Gasteiger partial charge >= 0.3 is 0 Å². The summed E-state index contributed by atoms with van der Waals surface area (Å²) in [5.74, 6) is 2.58. The van der Waals surface area contributed by atoms with Gasteiger partial charge in [0, 0.05) is 6.21 Å². The van der Waals surface area contributed by atoms with Crippen molar-refractivity contribution in [1.29, 1.82) is 0 Å². The van der Waals surface area contributed by atoms with E-state index in [-0.39, 0.29) is 0 Å². The van der Waals surface area contributed by atoms with Crippen molar-refractivity contribution in [1.82, 2.24) is 0 Å². The van der Waals surface area contributed by atoms with Crippen LogP contribution in [0.25, 0.3) is 0 Å². The molecule has 140 valence electrons. The molecule has 3 nitrogen and oxygen atoms in total. The summed E-state index contributed by atoms with van der Waals surface area (Å²) in [7, 11) is 1.67. The number of benzene rings is 2. The van der Waals surface area contributed by atoms with E-state index in [0.717, 1.165) is 29.2 Å². The summed E-state index contributed by atoms with van der Waals surface area (Å²) in [5.41, 5.74) is 4.50. The van der Waals surface area contributed by atoms with Gasteiger partial charge in [0.1, 0.15) is 0 Å². The molecule has 0 atom stereocenters. The van der Waals surface area contributed by atoms with E-state index in [2.05, 4.69) is 52.8 Å². The van der Waals surface area contributed by atoms with Gasteiger partial charge in [-0.1, -0.05) is 45.9 Å². The minimum absolute atomic E-state index is 0.438. The summed E-state index contributed by atoms with van der Waals surface area (Å²) in [6.07, 6.45) is 2.92. The first kappa shape index (κ1) is 20.0. The van der Waals surface area contributed by atoms with Crippen molar-refractivity contribution in [2.24, 2.45) is 10.9 Å². The maximum atomic E-state index is 5.86. The van der Waals surface area contributed by atoms with Gasteiger partial charge in [-0.2, -0.15) is 0 Å². The van der Waals surface area contributed by atoms with Gasteiger partial charge in [0.05, 0.1) is 19.4 Å². The number of hydrogen-bond acceptors (Lipinski definition) is 3. The predicted molar refractivity (Wildman–Crippen MR) is 110 cm³/mol. The van der Waals surface area contributed by atoms with Gasteiger partial charge in [-0.3, -0.25) is 4.99 Å². The molecule has 0 radical (unpaired) electrons. The number of ether oxygens (including phenoxy) is 2. The number of para-hydroxylation sites is 1. The summed E-state index contributed by atoms with van der Waals surface area (Å²) in [5, 5.41) is 0. The zero-order chi connectivity index (χ0) is 19.1. The Balaban J connectivity index is 2.21. The van der Waals surface area contributed by atoms with Gasteiger partial charge in [-0.05, 0) is 60.1 Å². The third-order valence-corrected chi connectivity index (χ3v) is 4.37. The Kier molecular flexibility index (Phi) is 7.26. The quantitative estimate of drug-likeness (QED) is 0.521. The van der Waals surface area contributed by atoms with Crippen LogP contribution in [0.2, 0.25) is 0 Å². The summed E-state index contributed by atoms with van der Waals surface area (Å²) in [4.78, 5) is 4.77. The van der Waals surface area contributed by atoms with Crippen molar-refractivity contribution in [3.63, 3.8) is 0 Å². The van der Waals surface area contributed by atoms with Gasteiger partial charge < -0.3 is 9.47 Å². The lowest BCUT2D eigenvalue weighted by Gasteiger charge is -2.13. The van der Waals surface area contributed by atoms with Crippen LogP contribution < -0.4 is 9.47 Å². The van der Waals surface area contributed by atoms with E-state index in [9.17, 15) is 0 Å². The summed E-state index contributed by atoms with van der Waals surface area (Å²) >= 11 is 0. The Bertz CT molecular complexity index is 748. The number of rotatable bonds is 8. The Labute approximate surface area is 158 Å².